The lowest BCUT2D eigenvalue weighted by Crippen LogP contribution is -2.57. The van der Waals surface area contributed by atoms with Crippen molar-refractivity contribution >= 4 is 0 Å². The first-order valence-corrected chi connectivity index (χ1v) is 11.3. The van der Waals surface area contributed by atoms with Crippen LogP contribution in [0.4, 0.5) is 8.78 Å². The van der Waals surface area contributed by atoms with Crippen LogP contribution in [0, 0.1) is 18.6 Å². The quantitative estimate of drug-likeness (QED) is 0.540. The van der Waals surface area contributed by atoms with Crippen molar-refractivity contribution in [2.45, 2.75) is 70.0 Å². The van der Waals surface area contributed by atoms with Crippen LogP contribution < -0.4 is 0 Å². The van der Waals surface area contributed by atoms with Crippen molar-refractivity contribution in [3.63, 3.8) is 0 Å². The molecule has 1 aliphatic heterocycles. The fourth-order valence-electron chi connectivity index (χ4n) is 4.25. The summed E-state index contributed by atoms with van der Waals surface area (Å²) in [7, 11) is 1.48. The molecule has 3 aromatic rings. The van der Waals surface area contributed by atoms with E-state index in [4.69, 9.17) is 14.0 Å². The van der Waals surface area contributed by atoms with Gasteiger partial charge in [-0.3, -0.25) is 0 Å². The molecule has 2 aromatic heterocycles. The van der Waals surface area contributed by atoms with Crippen molar-refractivity contribution in [2.75, 3.05) is 13.7 Å². The first kappa shape index (κ1) is 25.4. The molecule has 1 aromatic carbocycles. The average Bonchev–Trinajstić information content (AvgIpc) is 3.47. The minimum absolute atomic E-state index is 0.0865. The molecule has 0 spiro atoms. The summed E-state index contributed by atoms with van der Waals surface area (Å²) in [4.78, 5) is 0. The number of aliphatic hydroxyl groups is 2. The van der Waals surface area contributed by atoms with Crippen molar-refractivity contribution in [3.05, 3.63) is 53.0 Å². The highest BCUT2D eigenvalue weighted by Crippen LogP contribution is 2.34. The number of aliphatic hydroxyl groups excluding tert-OH is 2. The molecule has 2 N–H and O–H groups in total. The van der Waals surface area contributed by atoms with E-state index in [1.807, 2.05) is 26.8 Å². The molecule has 0 unspecified atom stereocenters. The lowest BCUT2D eigenvalue weighted by molar-refractivity contribution is -0.212. The number of aromatic nitrogens is 4. The second-order valence-corrected chi connectivity index (χ2v) is 9.86. The van der Waals surface area contributed by atoms with Gasteiger partial charge in [0.05, 0.1) is 24.6 Å². The Morgan fingerprint density at radius 2 is 1.83 bits per heavy atom. The predicted molar refractivity (Wildman–Crippen MR) is 121 cm³/mol. The molecule has 1 fully saturated rings. The Morgan fingerprint density at radius 3 is 2.40 bits per heavy atom. The molecule has 9 nitrogen and oxygen atoms in total. The number of benzene rings is 1. The Labute approximate surface area is 201 Å². The van der Waals surface area contributed by atoms with Crippen LogP contribution in [-0.4, -0.2) is 68.5 Å². The maximum Gasteiger partial charge on any atom is 0.142 e. The van der Waals surface area contributed by atoms with Crippen molar-refractivity contribution < 1.29 is 33.0 Å². The molecule has 0 aliphatic carbocycles. The molecular weight excluding hydrogens is 462 g/mol. The Bertz CT molecular complexity index is 1150. The Morgan fingerprint density at radius 1 is 1.14 bits per heavy atom. The standard InChI is InChI=1S/C24H30F2N4O5/c1-12-15(25)6-13(7-16(12)26)17-10-30(29-27-17)21-22(32)19(11-31)34-18(23(21)33-5)8-14-9-20(35-28-14)24(2,3)4/h6-7,9-10,18-19,21-23,31-32H,8,11H2,1-5H3/t18-,19-,21+,22+,23+/m1/s1. The van der Waals surface area contributed by atoms with Gasteiger partial charge in [-0.1, -0.05) is 31.1 Å². The van der Waals surface area contributed by atoms with E-state index in [9.17, 15) is 19.0 Å². The third-order valence-electron chi connectivity index (χ3n) is 6.34. The van der Waals surface area contributed by atoms with E-state index >= 15 is 0 Å². The summed E-state index contributed by atoms with van der Waals surface area (Å²) in [6.45, 7) is 6.94. The van der Waals surface area contributed by atoms with Gasteiger partial charge in [-0.25, -0.2) is 13.5 Å². The van der Waals surface area contributed by atoms with E-state index in [0.29, 0.717) is 17.9 Å². The van der Waals surface area contributed by atoms with E-state index in [0.717, 1.165) is 0 Å². The molecule has 0 radical (unpaired) electrons. The van der Waals surface area contributed by atoms with Crippen LogP contribution in [0.2, 0.25) is 0 Å². The summed E-state index contributed by atoms with van der Waals surface area (Å²) in [6, 6.07) is 3.40. The first-order chi connectivity index (χ1) is 16.5. The highest BCUT2D eigenvalue weighted by atomic mass is 19.1. The maximum absolute atomic E-state index is 14.1. The van der Waals surface area contributed by atoms with Gasteiger partial charge in [0.15, 0.2) is 0 Å². The van der Waals surface area contributed by atoms with Gasteiger partial charge in [-0.05, 0) is 19.1 Å². The fraction of sp³-hybridized carbons (Fsp3) is 0.542. The van der Waals surface area contributed by atoms with Gasteiger partial charge >= 0.3 is 0 Å². The summed E-state index contributed by atoms with van der Waals surface area (Å²) < 4.78 is 46.7. The Balaban J connectivity index is 1.65. The largest absolute Gasteiger partial charge is 0.394 e. The zero-order valence-corrected chi connectivity index (χ0v) is 20.3. The number of hydrogen-bond acceptors (Lipinski definition) is 8. The molecule has 4 rings (SSSR count). The van der Waals surface area contributed by atoms with Crippen molar-refractivity contribution in [1.82, 2.24) is 20.2 Å². The topological polar surface area (TPSA) is 116 Å². The van der Waals surface area contributed by atoms with Crippen LogP contribution in [0.5, 0.6) is 0 Å². The second-order valence-electron chi connectivity index (χ2n) is 9.86. The minimum Gasteiger partial charge on any atom is -0.394 e. The van der Waals surface area contributed by atoms with Gasteiger partial charge in [-0.15, -0.1) is 5.10 Å². The normalized spacial score (nSPS) is 25.2. The van der Waals surface area contributed by atoms with Crippen LogP contribution in [0.15, 0.2) is 28.9 Å². The van der Waals surface area contributed by atoms with Crippen molar-refractivity contribution in [3.8, 4) is 11.3 Å². The fourth-order valence-corrected chi connectivity index (χ4v) is 4.25. The summed E-state index contributed by atoms with van der Waals surface area (Å²) in [5.41, 5.74) is 0.757. The summed E-state index contributed by atoms with van der Waals surface area (Å²) in [5.74, 6) is -0.679. The lowest BCUT2D eigenvalue weighted by atomic mass is 9.89. The maximum atomic E-state index is 14.1. The molecule has 0 saturated carbocycles. The SMILES string of the molecule is CO[C@@H]1[C@@H](n2cc(-c3cc(F)c(C)c(F)c3)nn2)[C@@H](O)[C@@H](CO)O[C@@H]1Cc1cc(C(C)(C)C)on1. The number of nitrogens with zero attached hydrogens (tertiary/aromatic N) is 4. The molecule has 0 bridgehead atoms. The molecule has 3 heterocycles. The van der Waals surface area contributed by atoms with E-state index in [2.05, 4.69) is 15.5 Å². The number of rotatable bonds is 6. The molecule has 190 valence electrons. The summed E-state index contributed by atoms with van der Waals surface area (Å²) in [6.07, 6.45) is -1.65. The predicted octanol–water partition coefficient (Wildman–Crippen LogP) is 2.74. The molecular formula is C24H30F2N4O5. The highest BCUT2D eigenvalue weighted by Gasteiger charge is 2.47. The lowest BCUT2D eigenvalue weighted by Gasteiger charge is -2.43. The van der Waals surface area contributed by atoms with Gasteiger partial charge in [-0.2, -0.15) is 0 Å². The van der Waals surface area contributed by atoms with Crippen LogP contribution in [0.25, 0.3) is 11.3 Å². The third-order valence-corrected chi connectivity index (χ3v) is 6.34. The monoisotopic (exact) mass is 492 g/mol. The van der Waals surface area contributed by atoms with E-state index in [1.165, 1.54) is 37.0 Å². The number of halogens is 2. The Kier molecular flexibility index (Phi) is 7.05. The number of hydrogen-bond donors (Lipinski definition) is 2. The van der Waals surface area contributed by atoms with Gasteiger partial charge in [0.25, 0.3) is 0 Å². The average molecular weight is 493 g/mol. The first-order valence-electron chi connectivity index (χ1n) is 11.3. The smallest absolute Gasteiger partial charge is 0.142 e. The van der Waals surface area contributed by atoms with Gasteiger partial charge in [0.2, 0.25) is 0 Å². The molecule has 11 heteroatoms. The molecule has 35 heavy (non-hydrogen) atoms. The number of ether oxygens (including phenoxy) is 2. The molecule has 1 aliphatic rings. The van der Waals surface area contributed by atoms with Gasteiger partial charge in [0.1, 0.15) is 47.4 Å². The zero-order chi connectivity index (χ0) is 25.5. The summed E-state index contributed by atoms with van der Waals surface area (Å²) in [5, 5.41) is 33.1. The van der Waals surface area contributed by atoms with Crippen molar-refractivity contribution in [1.29, 1.82) is 0 Å². The van der Waals surface area contributed by atoms with Crippen LogP contribution in [0.3, 0.4) is 0 Å². The van der Waals surface area contributed by atoms with E-state index in [-0.39, 0.29) is 22.2 Å². The van der Waals surface area contributed by atoms with Crippen LogP contribution in [-0.2, 0) is 21.3 Å². The van der Waals surface area contributed by atoms with E-state index in [1.54, 1.807) is 0 Å². The second kappa shape index (κ2) is 9.73. The van der Waals surface area contributed by atoms with Gasteiger partial charge < -0.3 is 24.2 Å². The molecule has 0 amide bonds. The zero-order valence-electron chi connectivity index (χ0n) is 20.3. The molecule has 5 atom stereocenters. The summed E-state index contributed by atoms with van der Waals surface area (Å²) >= 11 is 0. The van der Waals surface area contributed by atoms with Crippen LogP contribution in [0.1, 0.15) is 43.8 Å². The van der Waals surface area contributed by atoms with Crippen LogP contribution >= 0.6 is 0 Å². The van der Waals surface area contributed by atoms with Gasteiger partial charge in [0, 0.05) is 36.1 Å². The van der Waals surface area contributed by atoms with Crippen molar-refractivity contribution in [2.24, 2.45) is 0 Å². The highest BCUT2D eigenvalue weighted by molar-refractivity contribution is 5.58. The third kappa shape index (κ3) is 4.99. The molecule has 1 saturated heterocycles. The minimum atomic E-state index is -1.19. The number of methoxy groups -OCH3 is 1. The van der Waals surface area contributed by atoms with E-state index < -0.39 is 48.7 Å². The Hall–Kier alpha value is -2.73.